The number of benzene rings is 1. The molecule has 6 nitrogen and oxygen atoms in total. The number of thiazole rings is 1. The topological polar surface area (TPSA) is 62.7 Å². The minimum Gasteiger partial charge on any atom is -0.486 e. The molecular formula is C17H19N3O3S. The quantitative estimate of drug-likeness (QED) is 0.746. The molecule has 2 heterocycles. The van der Waals surface area contributed by atoms with E-state index in [-0.39, 0.29) is 5.91 Å². The van der Waals surface area contributed by atoms with Gasteiger partial charge >= 0.3 is 0 Å². The van der Waals surface area contributed by atoms with Crippen LogP contribution in [0.2, 0.25) is 0 Å². The number of nitrogens with zero attached hydrogens (tertiary/aromatic N) is 3. The van der Waals surface area contributed by atoms with E-state index in [0.717, 1.165) is 22.9 Å². The molecule has 0 saturated carbocycles. The molecule has 1 aliphatic rings. The van der Waals surface area contributed by atoms with E-state index in [0.29, 0.717) is 39.2 Å². The Labute approximate surface area is 144 Å². The predicted molar refractivity (Wildman–Crippen MR) is 90.8 cm³/mol. The summed E-state index contributed by atoms with van der Waals surface area (Å²) in [5.74, 6) is 0.861. The average Bonchev–Trinajstić information content (AvgIpc) is 3.08. The second kappa shape index (κ2) is 7.92. The van der Waals surface area contributed by atoms with E-state index in [1.54, 1.807) is 9.80 Å². The van der Waals surface area contributed by atoms with Crippen molar-refractivity contribution >= 4 is 23.7 Å². The number of carbonyl (C=O) groups is 2. The first kappa shape index (κ1) is 16.4. The van der Waals surface area contributed by atoms with Crippen LogP contribution in [-0.4, -0.2) is 53.3 Å². The Morgan fingerprint density at radius 1 is 1.21 bits per heavy atom. The lowest BCUT2D eigenvalue weighted by Crippen LogP contribution is -2.48. The second-order valence-corrected chi connectivity index (χ2v) is 6.48. The molecule has 2 amide bonds. The fraction of sp³-hybridized carbons (Fsp3) is 0.353. The first-order valence-corrected chi connectivity index (χ1v) is 8.71. The summed E-state index contributed by atoms with van der Waals surface area (Å²) >= 11 is 1.50. The molecule has 0 atom stereocenters. The summed E-state index contributed by atoms with van der Waals surface area (Å²) in [6, 6.07) is 9.58. The zero-order valence-electron chi connectivity index (χ0n) is 13.3. The monoisotopic (exact) mass is 345 g/mol. The molecule has 24 heavy (non-hydrogen) atoms. The van der Waals surface area contributed by atoms with Crippen LogP contribution in [0, 0.1) is 0 Å². The number of amides is 2. The first-order chi connectivity index (χ1) is 11.7. The van der Waals surface area contributed by atoms with E-state index in [4.69, 9.17) is 4.74 Å². The third-order valence-electron chi connectivity index (χ3n) is 3.85. The Hall–Kier alpha value is -2.41. The van der Waals surface area contributed by atoms with Gasteiger partial charge in [0.05, 0.1) is 12.1 Å². The maximum atomic E-state index is 12.3. The van der Waals surface area contributed by atoms with Gasteiger partial charge in [-0.15, -0.1) is 11.3 Å². The summed E-state index contributed by atoms with van der Waals surface area (Å²) in [4.78, 5) is 30.9. The Bertz CT molecular complexity index is 681. The lowest BCUT2D eigenvalue weighted by Gasteiger charge is -2.32. The fourth-order valence-electron chi connectivity index (χ4n) is 2.50. The highest BCUT2D eigenvalue weighted by Gasteiger charge is 2.21. The summed E-state index contributed by atoms with van der Waals surface area (Å²) in [5, 5.41) is 2.76. The van der Waals surface area contributed by atoms with Crippen LogP contribution < -0.4 is 4.74 Å². The summed E-state index contributed by atoms with van der Waals surface area (Å²) in [6.07, 6.45) is 1.13. The van der Waals surface area contributed by atoms with Gasteiger partial charge in [0.25, 0.3) is 0 Å². The van der Waals surface area contributed by atoms with Crippen LogP contribution in [0.3, 0.4) is 0 Å². The average molecular weight is 345 g/mol. The van der Waals surface area contributed by atoms with Crippen LogP contribution in [0.15, 0.2) is 35.7 Å². The van der Waals surface area contributed by atoms with Crippen molar-refractivity contribution in [3.05, 3.63) is 46.4 Å². The molecule has 1 aliphatic heterocycles. The standard InChI is InChI=1S/C17H19N3O3S/c21-13-19-6-8-20(9-7-19)17(22)10-14-12-24-16(18-14)11-23-15-4-2-1-3-5-15/h1-5,12-13H,6-11H2. The van der Waals surface area contributed by atoms with Crippen molar-refractivity contribution in [2.45, 2.75) is 13.0 Å². The Balaban J connectivity index is 1.49. The molecule has 3 rings (SSSR count). The molecule has 0 N–H and O–H groups in total. The van der Waals surface area contributed by atoms with Crippen molar-refractivity contribution in [3.63, 3.8) is 0 Å². The smallest absolute Gasteiger partial charge is 0.228 e. The summed E-state index contributed by atoms with van der Waals surface area (Å²) in [7, 11) is 0. The van der Waals surface area contributed by atoms with Crippen LogP contribution in [0.4, 0.5) is 0 Å². The maximum absolute atomic E-state index is 12.3. The van der Waals surface area contributed by atoms with Crippen LogP contribution in [-0.2, 0) is 22.6 Å². The molecule has 1 aromatic carbocycles. The molecule has 126 valence electrons. The van der Waals surface area contributed by atoms with Gasteiger partial charge < -0.3 is 14.5 Å². The second-order valence-electron chi connectivity index (χ2n) is 5.53. The van der Waals surface area contributed by atoms with Crippen molar-refractivity contribution in [1.82, 2.24) is 14.8 Å². The molecule has 0 radical (unpaired) electrons. The molecule has 0 aliphatic carbocycles. The number of hydrogen-bond acceptors (Lipinski definition) is 5. The van der Waals surface area contributed by atoms with E-state index in [1.165, 1.54) is 11.3 Å². The van der Waals surface area contributed by atoms with Crippen molar-refractivity contribution < 1.29 is 14.3 Å². The van der Waals surface area contributed by atoms with Crippen LogP contribution in [0.1, 0.15) is 10.7 Å². The van der Waals surface area contributed by atoms with Gasteiger partial charge in [0.15, 0.2) is 0 Å². The van der Waals surface area contributed by atoms with Crippen molar-refractivity contribution in [2.24, 2.45) is 0 Å². The fourth-order valence-corrected chi connectivity index (χ4v) is 3.21. The van der Waals surface area contributed by atoms with Gasteiger partial charge in [-0.3, -0.25) is 9.59 Å². The molecular weight excluding hydrogens is 326 g/mol. The SMILES string of the molecule is O=CN1CCN(C(=O)Cc2csc(COc3ccccc3)n2)CC1. The molecule has 1 aromatic heterocycles. The molecule has 7 heteroatoms. The Morgan fingerprint density at radius 2 is 1.96 bits per heavy atom. The van der Waals surface area contributed by atoms with Crippen LogP contribution >= 0.6 is 11.3 Å². The van der Waals surface area contributed by atoms with E-state index < -0.39 is 0 Å². The number of para-hydroxylation sites is 1. The molecule has 0 unspecified atom stereocenters. The van der Waals surface area contributed by atoms with Crippen molar-refractivity contribution in [2.75, 3.05) is 26.2 Å². The minimum atomic E-state index is 0.0568. The zero-order chi connectivity index (χ0) is 16.8. The highest BCUT2D eigenvalue weighted by Crippen LogP contribution is 2.16. The summed E-state index contributed by atoms with van der Waals surface area (Å²) in [6.45, 7) is 2.78. The van der Waals surface area contributed by atoms with Gasteiger partial charge in [0.2, 0.25) is 12.3 Å². The number of rotatable bonds is 6. The first-order valence-electron chi connectivity index (χ1n) is 7.83. The third-order valence-corrected chi connectivity index (χ3v) is 4.72. The number of carbonyl (C=O) groups excluding carboxylic acids is 2. The van der Waals surface area contributed by atoms with Gasteiger partial charge in [-0.2, -0.15) is 0 Å². The Kier molecular flexibility index (Phi) is 5.43. The Morgan fingerprint density at radius 3 is 2.67 bits per heavy atom. The predicted octanol–water partition coefficient (Wildman–Crippen LogP) is 1.57. The highest BCUT2D eigenvalue weighted by atomic mass is 32.1. The van der Waals surface area contributed by atoms with Gasteiger partial charge in [-0.25, -0.2) is 4.98 Å². The lowest BCUT2D eigenvalue weighted by atomic mass is 10.2. The third kappa shape index (κ3) is 4.32. The summed E-state index contributed by atoms with van der Waals surface area (Å²) < 4.78 is 5.66. The lowest BCUT2D eigenvalue weighted by molar-refractivity contribution is -0.134. The number of piperazine rings is 1. The van der Waals surface area contributed by atoms with Gasteiger partial charge in [-0.05, 0) is 12.1 Å². The van der Waals surface area contributed by atoms with Crippen molar-refractivity contribution in [1.29, 1.82) is 0 Å². The van der Waals surface area contributed by atoms with E-state index in [2.05, 4.69) is 4.98 Å². The number of hydrogen-bond donors (Lipinski definition) is 0. The number of aromatic nitrogens is 1. The van der Waals surface area contributed by atoms with Gasteiger partial charge in [0, 0.05) is 31.6 Å². The molecule has 0 spiro atoms. The molecule has 2 aromatic rings. The summed E-state index contributed by atoms with van der Waals surface area (Å²) in [5.41, 5.74) is 0.773. The van der Waals surface area contributed by atoms with E-state index in [9.17, 15) is 9.59 Å². The van der Waals surface area contributed by atoms with E-state index in [1.807, 2.05) is 35.7 Å². The largest absolute Gasteiger partial charge is 0.486 e. The number of ether oxygens (including phenoxy) is 1. The van der Waals surface area contributed by atoms with E-state index >= 15 is 0 Å². The molecule has 1 fully saturated rings. The van der Waals surface area contributed by atoms with Gasteiger partial charge in [-0.1, -0.05) is 18.2 Å². The highest BCUT2D eigenvalue weighted by molar-refractivity contribution is 7.09. The zero-order valence-corrected chi connectivity index (χ0v) is 14.1. The van der Waals surface area contributed by atoms with Crippen LogP contribution in [0.25, 0.3) is 0 Å². The van der Waals surface area contributed by atoms with Crippen LogP contribution in [0.5, 0.6) is 5.75 Å². The van der Waals surface area contributed by atoms with Gasteiger partial charge in [0.1, 0.15) is 17.4 Å². The molecule has 1 saturated heterocycles. The normalized spacial score (nSPS) is 14.5. The van der Waals surface area contributed by atoms with Crippen molar-refractivity contribution in [3.8, 4) is 5.75 Å². The minimum absolute atomic E-state index is 0.0568. The maximum Gasteiger partial charge on any atom is 0.228 e. The molecule has 0 bridgehead atoms.